The van der Waals surface area contributed by atoms with Gasteiger partial charge in [-0.3, -0.25) is 4.31 Å². The summed E-state index contributed by atoms with van der Waals surface area (Å²) in [5.41, 5.74) is -0.422. The van der Waals surface area contributed by atoms with E-state index in [1.165, 1.54) is 10.8 Å². The van der Waals surface area contributed by atoms with Gasteiger partial charge in [0.1, 0.15) is 18.1 Å². The van der Waals surface area contributed by atoms with Gasteiger partial charge in [0, 0.05) is 13.2 Å². The van der Waals surface area contributed by atoms with Gasteiger partial charge in [-0.25, -0.2) is 13.8 Å². The molecule has 1 aliphatic rings. The molecule has 6 nitrogen and oxygen atoms in total. The molecular formula is C13H13F2N3O3S. The van der Waals surface area contributed by atoms with E-state index in [2.05, 4.69) is 4.98 Å². The maximum absolute atomic E-state index is 14.1. The van der Waals surface area contributed by atoms with Crippen LogP contribution in [-0.2, 0) is 17.1 Å². The van der Waals surface area contributed by atoms with Crippen LogP contribution in [0.5, 0.6) is 5.75 Å². The van der Waals surface area contributed by atoms with Crippen molar-refractivity contribution in [1.82, 2.24) is 9.55 Å². The highest BCUT2D eigenvalue weighted by molar-refractivity contribution is 7.92. The molecule has 0 radical (unpaired) electrons. The number of hydrogen-bond donors (Lipinski definition) is 0. The highest BCUT2D eigenvalue weighted by atomic mass is 32.2. The number of aromatic nitrogens is 2. The second kappa shape index (κ2) is 4.94. The second-order valence-electron chi connectivity index (χ2n) is 4.87. The van der Waals surface area contributed by atoms with Crippen molar-refractivity contribution >= 4 is 15.7 Å². The van der Waals surface area contributed by atoms with Crippen LogP contribution in [0, 0.1) is 18.6 Å². The number of imidazole rings is 1. The van der Waals surface area contributed by atoms with Crippen molar-refractivity contribution in [1.29, 1.82) is 0 Å². The standard InChI is InChI=1S/C13H13F2N3O3S/c1-8-16-11(7-17(8)2)22(19,20)18-5-6-21-13-10(15)4-3-9(14)12(13)18/h3-4,7H,5-6H2,1-2H3. The first-order valence-electron chi connectivity index (χ1n) is 6.46. The molecule has 0 N–H and O–H groups in total. The Bertz CT molecular complexity index is 829. The lowest BCUT2D eigenvalue weighted by Gasteiger charge is -2.30. The molecule has 0 saturated carbocycles. The topological polar surface area (TPSA) is 64.4 Å². The van der Waals surface area contributed by atoms with Gasteiger partial charge >= 0.3 is 0 Å². The fraction of sp³-hybridized carbons (Fsp3) is 0.308. The maximum atomic E-state index is 14.1. The lowest BCUT2D eigenvalue weighted by Crippen LogP contribution is -2.39. The molecule has 0 spiro atoms. The summed E-state index contributed by atoms with van der Waals surface area (Å²) in [6.07, 6.45) is 1.33. The van der Waals surface area contributed by atoms with Gasteiger partial charge in [0.2, 0.25) is 0 Å². The van der Waals surface area contributed by atoms with E-state index in [9.17, 15) is 17.2 Å². The molecule has 0 aliphatic carbocycles. The lowest BCUT2D eigenvalue weighted by atomic mass is 10.2. The van der Waals surface area contributed by atoms with E-state index >= 15 is 0 Å². The molecule has 3 rings (SSSR count). The number of aryl methyl sites for hydroxylation is 2. The Labute approximate surface area is 126 Å². The minimum Gasteiger partial charge on any atom is -0.486 e. The molecule has 2 aromatic rings. The second-order valence-corrected chi connectivity index (χ2v) is 6.68. The summed E-state index contributed by atoms with van der Waals surface area (Å²) >= 11 is 0. The average Bonchev–Trinajstić information content (AvgIpc) is 2.83. The summed E-state index contributed by atoms with van der Waals surface area (Å²) in [6.45, 7) is 1.45. The van der Waals surface area contributed by atoms with Crippen LogP contribution in [0.15, 0.2) is 23.4 Å². The van der Waals surface area contributed by atoms with Crippen molar-refractivity contribution in [2.45, 2.75) is 11.9 Å². The van der Waals surface area contributed by atoms with E-state index < -0.39 is 33.1 Å². The molecule has 0 unspecified atom stereocenters. The van der Waals surface area contributed by atoms with Gasteiger partial charge in [0.25, 0.3) is 10.0 Å². The number of rotatable bonds is 2. The number of benzene rings is 1. The monoisotopic (exact) mass is 329 g/mol. The first kappa shape index (κ1) is 14.8. The Hall–Kier alpha value is -2.16. The molecular weight excluding hydrogens is 316 g/mol. The summed E-state index contributed by atoms with van der Waals surface area (Å²) in [6, 6.07) is 1.77. The molecule has 0 saturated heterocycles. The smallest absolute Gasteiger partial charge is 0.283 e. The molecule has 0 bridgehead atoms. The van der Waals surface area contributed by atoms with E-state index in [-0.39, 0.29) is 18.2 Å². The SMILES string of the molecule is Cc1nc(S(=O)(=O)N2CCOc3c(F)ccc(F)c32)cn1C. The van der Waals surface area contributed by atoms with Crippen molar-refractivity contribution in [3.8, 4) is 5.75 Å². The Balaban J connectivity index is 2.17. The fourth-order valence-corrected chi connectivity index (χ4v) is 3.73. The van der Waals surface area contributed by atoms with Gasteiger partial charge in [0.15, 0.2) is 22.4 Å². The van der Waals surface area contributed by atoms with Gasteiger partial charge in [0.05, 0.1) is 6.54 Å². The number of hydrogen-bond acceptors (Lipinski definition) is 4. The third kappa shape index (κ3) is 2.12. The predicted molar refractivity (Wildman–Crippen MR) is 74.3 cm³/mol. The van der Waals surface area contributed by atoms with Crippen molar-refractivity contribution in [3.05, 3.63) is 35.8 Å². The third-order valence-corrected chi connectivity index (χ3v) is 5.14. The van der Waals surface area contributed by atoms with Crippen molar-refractivity contribution in [2.75, 3.05) is 17.5 Å². The number of fused-ring (bicyclic) bond motifs is 1. The minimum atomic E-state index is -4.10. The van der Waals surface area contributed by atoms with Crippen LogP contribution in [0.3, 0.4) is 0 Å². The maximum Gasteiger partial charge on any atom is 0.283 e. The first-order chi connectivity index (χ1) is 10.3. The number of anilines is 1. The normalized spacial score (nSPS) is 14.6. The number of sulfonamides is 1. The summed E-state index contributed by atoms with van der Waals surface area (Å²) in [7, 11) is -2.45. The Kier molecular flexibility index (Phi) is 3.32. The van der Waals surface area contributed by atoms with E-state index in [4.69, 9.17) is 4.74 Å². The van der Waals surface area contributed by atoms with Gasteiger partial charge in [-0.05, 0) is 19.1 Å². The molecule has 2 heterocycles. The molecule has 0 amide bonds. The van der Waals surface area contributed by atoms with Crippen LogP contribution in [0.1, 0.15) is 5.82 Å². The average molecular weight is 329 g/mol. The Morgan fingerprint density at radius 1 is 1.27 bits per heavy atom. The summed E-state index contributed by atoms with van der Waals surface area (Å²) in [4.78, 5) is 3.96. The molecule has 0 atom stereocenters. The molecule has 1 aliphatic heterocycles. The summed E-state index contributed by atoms with van der Waals surface area (Å²) in [5.74, 6) is -1.59. The van der Waals surface area contributed by atoms with Crippen molar-refractivity contribution in [2.24, 2.45) is 7.05 Å². The quantitative estimate of drug-likeness (QED) is 0.839. The number of halogens is 2. The van der Waals surface area contributed by atoms with Crippen LogP contribution in [0.4, 0.5) is 14.5 Å². The van der Waals surface area contributed by atoms with Crippen molar-refractivity contribution in [3.63, 3.8) is 0 Å². The first-order valence-corrected chi connectivity index (χ1v) is 7.90. The van der Waals surface area contributed by atoms with E-state index in [1.54, 1.807) is 14.0 Å². The van der Waals surface area contributed by atoms with Crippen LogP contribution in [-0.4, -0.2) is 31.1 Å². The van der Waals surface area contributed by atoms with Crippen LogP contribution in [0.2, 0.25) is 0 Å². The molecule has 9 heteroatoms. The molecule has 118 valence electrons. The van der Waals surface area contributed by atoms with Gasteiger partial charge < -0.3 is 9.30 Å². The van der Waals surface area contributed by atoms with Crippen LogP contribution >= 0.6 is 0 Å². The molecule has 22 heavy (non-hydrogen) atoms. The van der Waals surface area contributed by atoms with Crippen LogP contribution in [0.25, 0.3) is 0 Å². The van der Waals surface area contributed by atoms with E-state index in [0.717, 1.165) is 16.4 Å². The summed E-state index contributed by atoms with van der Waals surface area (Å²) < 4.78 is 60.6. The molecule has 0 fully saturated rings. The third-order valence-electron chi connectivity index (χ3n) is 3.47. The van der Waals surface area contributed by atoms with Gasteiger partial charge in [-0.2, -0.15) is 8.42 Å². The predicted octanol–water partition coefficient (Wildman–Crippen LogP) is 1.59. The minimum absolute atomic E-state index is 0.0710. The molecule has 1 aromatic heterocycles. The lowest BCUT2D eigenvalue weighted by molar-refractivity contribution is 0.296. The van der Waals surface area contributed by atoms with Crippen molar-refractivity contribution < 1.29 is 21.9 Å². The number of ether oxygens (including phenoxy) is 1. The number of nitrogens with zero attached hydrogens (tertiary/aromatic N) is 3. The zero-order valence-corrected chi connectivity index (χ0v) is 12.7. The zero-order valence-electron chi connectivity index (χ0n) is 11.9. The van der Waals surface area contributed by atoms with E-state index in [1.807, 2.05) is 0 Å². The highest BCUT2D eigenvalue weighted by Gasteiger charge is 2.35. The van der Waals surface area contributed by atoms with Crippen LogP contribution < -0.4 is 9.04 Å². The van der Waals surface area contributed by atoms with Gasteiger partial charge in [-0.15, -0.1) is 0 Å². The van der Waals surface area contributed by atoms with E-state index in [0.29, 0.717) is 5.82 Å². The Morgan fingerprint density at radius 2 is 1.95 bits per heavy atom. The highest BCUT2D eigenvalue weighted by Crippen LogP contribution is 2.39. The fourth-order valence-electron chi connectivity index (χ4n) is 2.24. The summed E-state index contributed by atoms with van der Waals surface area (Å²) in [5, 5.41) is -0.219. The largest absolute Gasteiger partial charge is 0.486 e. The Morgan fingerprint density at radius 3 is 2.59 bits per heavy atom. The zero-order chi connectivity index (χ0) is 16.1. The molecule has 1 aromatic carbocycles. The van der Waals surface area contributed by atoms with Gasteiger partial charge in [-0.1, -0.05) is 0 Å².